The number of nitrogens with zero attached hydrogens (tertiary/aromatic N) is 3. The first-order valence-corrected chi connectivity index (χ1v) is 10.9. The molecule has 0 fully saturated rings. The Morgan fingerprint density at radius 3 is 2.63 bits per heavy atom. The van der Waals surface area contributed by atoms with Gasteiger partial charge in [0.1, 0.15) is 10.9 Å². The number of hydrogen-bond acceptors (Lipinski definition) is 7. The molecule has 0 aliphatic heterocycles. The van der Waals surface area contributed by atoms with E-state index < -0.39 is 27.3 Å². The first-order chi connectivity index (χ1) is 14.2. The van der Waals surface area contributed by atoms with Crippen molar-refractivity contribution in [1.82, 2.24) is 19.7 Å². The first kappa shape index (κ1) is 20.0. The lowest BCUT2D eigenvalue weighted by Gasteiger charge is -2.16. The molecule has 0 amide bonds. The molecule has 30 heavy (non-hydrogen) atoms. The summed E-state index contributed by atoms with van der Waals surface area (Å²) in [5.41, 5.74) is -0.869. The summed E-state index contributed by atoms with van der Waals surface area (Å²) in [4.78, 5) is 34.6. The van der Waals surface area contributed by atoms with Crippen molar-refractivity contribution >= 4 is 43.5 Å². The molecule has 0 radical (unpaired) electrons. The Kier molecular flexibility index (Phi) is 4.83. The van der Waals surface area contributed by atoms with E-state index in [9.17, 15) is 18.0 Å². The average molecular weight is 447 g/mol. The van der Waals surface area contributed by atoms with E-state index in [1.54, 1.807) is 31.3 Å². The zero-order valence-corrected chi connectivity index (χ0v) is 17.4. The number of hydrogen-bond donors (Lipinski definition) is 1. The van der Waals surface area contributed by atoms with Gasteiger partial charge in [-0.05, 0) is 37.3 Å². The predicted octanol–water partition coefficient (Wildman–Crippen LogP) is 2.23. The molecule has 0 aliphatic carbocycles. The third kappa shape index (κ3) is 3.55. The highest BCUT2D eigenvalue weighted by atomic mass is 35.5. The minimum absolute atomic E-state index is 0.217. The first-order valence-electron chi connectivity index (χ1n) is 8.74. The Morgan fingerprint density at radius 2 is 1.97 bits per heavy atom. The van der Waals surface area contributed by atoms with E-state index in [2.05, 4.69) is 15.1 Å². The second kappa shape index (κ2) is 7.22. The van der Waals surface area contributed by atoms with Gasteiger partial charge in [0, 0.05) is 16.6 Å². The summed E-state index contributed by atoms with van der Waals surface area (Å²) in [5, 5.41) is 2.81. The standard InChI is InChI=1S/C19H15ClN4O5S/c1-10(13-5-3-4-8-21-13)24-19(26)15-16(18(25)23-24)22-14-9-11(20)6-7-12(14)17(15)29-30(2,27)28/h3-10H,1-2H3,(H,23,25)/t10-/m1/s1. The van der Waals surface area contributed by atoms with Crippen molar-refractivity contribution in [3.8, 4) is 5.75 Å². The Hall–Kier alpha value is -3.24. The van der Waals surface area contributed by atoms with Crippen LogP contribution in [0.3, 0.4) is 0 Å². The maximum atomic E-state index is 13.3. The maximum absolute atomic E-state index is 13.3. The molecule has 4 rings (SSSR count). The van der Waals surface area contributed by atoms with Crippen molar-refractivity contribution in [2.45, 2.75) is 13.0 Å². The number of rotatable bonds is 4. The molecule has 0 bridgehead atoms. The Labute approximate surface area is 175 Å². The van der Waals surface area contributed by atoms with Crippen molar-refractivity contribution in [2.24, 2.45) is 0 Å². The summed E-state index contributed by atoms with van der Waals surface area (Å²) in [6, 6.07) is 8.98. The largest absolute Gasteiger partial charge is 0.381 e. The molecule has 3 heterocycles. The van der Waals surface area contributed by atoms with Gasteiger partial charge in [-0.25, -0.2) is 9.67 Å². The fraction of sp³-hybridized carbons (Fsp3) is 0.158. The second-order valence-electron chi connectivity index (χ2n) is 6.66. The minimum Gasteiger partial charge on any atom is -0.381 e. The van der Waals surface area contributed by atoms with Gasteiger partial charge in [-0.1, -0.05) is 17.7 Å². The summed E-state index contributed by atoms with van der Waals surface area (Å²) in [5.74, 6) is -0.271. The van der Waals surface area contributed by atoms with Crippen molar-refractivity contribution < 1.29 is 12.6 Å². The van der Waals surface area contributed by atoms with Crippen molar-refractivity contribution in [3.63, 3.8) is 0 Å². The van der Waals surface area contributed by atoms with E-state index in [4.69, 9.17) is 15.8 Å². The number of halogens is 1. The highest BCUT2D eigenvalue weighted by molar-refractivity contribution is 7.86. The lowest BCUT2D eigenvalue weighted by Crippen LogP contribution is -2.33. The van der Waals surface area contributed by atoms with Crippen molar-refractivity contribution in [3.05, 3.63) is 74.0 Å². The van der Waals surface area contributed by atoms with Gasteiger partial charge in [0.2, 0.25) is 0 Å². The fourth-order valence-electron chi connectivity index (χ4n) is 3.17. The Bertz CT molecular complexity index is 1510. The van der Waals surface area contributed by atoms with Gasteiger partial charge in [-0.2, -0.15) is 8.42 Å². The minimum atomic E-state index is -4.02. The van der Waals surface area contributed by atoms with Crippen LogP contribution in [0.4, 0.5) is 0 Å². The molecule has 0 aliphatic rings. The molecule has 0 unspecified atom stereocenters. The number of aromatic amines is 1. The van der Waals surface area contributed by atoms with E-state index in [1.807, 2.05) is 0 Å². The molecule has 9 nitrogen and oxygen atoms in total. The van der Waals surface area contributed by atoms with Gasteiger partial charge in [-0.3, -0.25) is 19.7 Å². The highest BCUT2D eigenvalue weighted by Crippen LogP contribution is 2.32. The summed E-state index contributed by atoms with van der Waals surface area (Å²) in [6.07, 6.45) is 2.41. The molecule has 154 valence electrons. The van der Waals surface area contributed by atoms with Crippen LogP contribution in [0.25, 0.3) is 21.8 Å². The van der Waals surface area contributed by atoms with Crippen LogP contribution in [0.2, 0.25) is 5.02 Å². The van der Waals surface area contributed by atoms with Crippen LogP contribution in [-0.4, -0.2) is 34.4 Å². The van der Waals surface area contributed by atoms with Crippen LogP contribution in [0.15, 0.2) is 52.2 Å². The van der Waals surface area contributed by atoms with Gasteiger partial charge in [0.05, 0.1) is 23.5 Å². The molecule has 0 saturated heterocycles. The Morgan fingerprint density at radius 1 is 1.20 bits per heavy atom. The number of fused-ring (bicyclic) bond motifs is 2. The third-order valence-electron chi connectivity index (χ3n) is 4.51. The normalized spacial score (nSPS) is 12.9. The van der Waals surface area contributed by atoms with Gasteiger partial charge in [0.15, 0.2) is 5.75 Å². The maximum Gasteiger partial charge on any atom is 0.306 e. The fourth-order valence-corrected chi connectivity index (χ4v) is 3.81. The van der Waals surface area contributed by atoms with E-state index >= 15 is 0 Å². The molecule has 1 aromatic carbocycles. The van der Waals surface area contributed by atoms with Crippen LogP contribution in [-0.2, 0) is 10.1 Å². The van der Waals surface area contributed by atoms with Gasteiger partial charge in [0.25, 0.3) is 11.1 Å². The smallest absolute Gasteiger partial charge is 0.306 e. The number of benzene rings is 1. The summed E-state index contributed by atoms with van der Waals surface area (Å²) in [6.45, 7) is 1.68. The number of H-pyrrole nitrogens is 1. The SMILES string of the molecule is C[C@H](c1ccccn1)n1[nH]c(=O)c2nc3cc(Cl)ccc3c(OS(C)(=O)=O)c2c1=O. The lowest BCUT2D eigenvalue weighted by molar-refractivity contribution is 0.494. The molecule has 0 spiro atoms. The zero-order valence-electron chi connectivity index (χ0n) is 15.8. The monoisotopic (exact) mass is 446 g/mol. The molecule has 3 aromatic heterocycles. The summed E-state index contributed by atoms with van der Waals surface area (Å²) in [7, 11) is -4.02. The average Bonchev–Trinajstić information content (AvgIpc) is 2.69. The van der Waals surface area contributed by atoms with Gasteiger partial charge < -0.3 is 4.18 Å². The molecular weight excluding hydrogens is 432 g/mol. The second-order valence-corrected chi connectivity index (χ2v) is 8.67. The molecule has 4 aromatic rings. The lowest BCUT2D eigenvalue weighted by atomic mass is 10.1. The molecule has 1 N–H and O–H groups in total. The number of pyridine rings is 2. The van der Waals surface area contributed by atoms with Gasteiger partial charge in [-0.15, -0.1) is 0 Å². The predicted molar refractivity (Wildman–Crippen MR) is 113 cm³/mol. The number of nitrogens with one attached hydrogen (secondary N) is 1. The van der Waals surface area contributed by atoms with E-state index in [0.29, 0.717) is 10.7 Å². The van der Waals surface area contributed by atoms with Crippen LogP contribution in [0.5, 0.6) is 5.75 Å². The van der Waals surface area contributed by atoms with Crippen molar-refractivity contribution in [2.75, 3.05) is 6.26 Å². The van der Waals surface area contributed by atoms with Crippen LogP contribution >= 0.6 is 11.6 Å². The van der Waals surface area contributed by atoms with Gasteiger partial charge >= 0.3 is 10.1 Å². The molecule has 1 atom stereocenters. The molecular formula is C19H15ClN4O5S. The quantitative estimate of drug-likeness (QED) is 0.376. The van der Waals surface area contributed by atoms with Crippen LogP contribution in [0, 0.1) is 0 Å². The van der Waals surface area contributed by atoms with Crippen LogP contribution in [0.1, 0.15) is 18.7 Å². The topological polar surface area (TPSA) is 124 Å². The number of aromatic nitrogens is 4. The van der Waals surface area contributed by atoms with Crippen LogP contribution < -0.4 is 15.3 Å². The summed E-state index contributed by atoms with van der Waals surface area (Å²) >= 11 is 6.00. The highest BCUT2D eigenvalue weighted by Gasteiger charge is 2.23. The Balaban J connectivity index is 2.13. The third-order valence-corrected chi connectivity index (χ3v) is 5.21. The van der Waals surface area contributed by atoms with E-state index in [0.717, 1.165) is 10.9 Å². The molecule has 0 saturated carbocycles. The van der Waals surface area contributed by atoms with E-state index in [-0.39, 0.29) is 27.6 Å². The van der Waals surface area contributed by atoms with Crippen molar-refractivity contribution in [1.29, 1.82) is 0 Å². The zero-order chi connectivity index (χ0) is 21.6. The molecule has 11 heteroatoms. The van der Waals surface area contributed by atoms with E-state index in [1.165, 1.54) is 18.2 Å². The summed E-state index contributed by atoms with van der Waals surface area (Å²) < 4.78 is 30.1.